The molecule has 2 aromatic carbocycles. The summed E-state index contributed by atoms with van der Waals surface area (Å²) in [6, 6.07) is 11.4. The van der Waals surface area contributed by atoms with Crippen LogP contribution in [-0.4, -0.2) is 17.6 Å². The molecule has 3 rings (SSSR count). The highest BCUT2D eigenvalue weighted by atomic mass is 32.1. The van der Waals surface area contributed by atoms with Crippen molar-refractivity contribution in [3.8, 4) is 5.75 Å². The predicted molar refractivity (Wildman–Crippen MR) is 93.2 cm³/mol. The van der Waals surface area contributed by atoms with Crippen LogP contribution in [0.5, 0.6) is 5.75 Å². The SMILES string of the molecule is COc1ccccc1C(=O)N=c1sc2cc(C)cc(C)c2n1C. The van der Waals surface area contributed by atoms with Gasteiger partial charge in [-0.15, -0.1) is 0 Å². The number of amides is 1. The molecule has 0 spiro atoms. The van der Waals surface area contributed by atoms with Gasteiger partial charge in [-0.25, -0.2) is 0 Å². The molecule has 0 atom stereocenters. The summed E-state index contributed by atoms with van der Waals surface area (Å²) >= 11 is 1.52. The molecular formula is C18H18N2O2S. The van der Waals surface area contributed by atoms with Gasteiger partial charge in [0, 0.05) is 7.05 Å². The number of carbonyl (C=O) groups excluding carboxylic acids is 1. The van der Waals surface area contributed by atoms with Crippen molar-refractivity contribution in [3.63, 3.8) is 0 Å². The number of rotatable bonds is 2. The molecule has 118 valence electrons. The monoisotopic (exact) mass is 326 g/mol. The minimum absolute atomic E-state index is 0.293. The summed E-state index contributed by atoms with van der Waals surface area (Å²) in [4.78, 5) is 17.5. The Balaban J connectivity index is 2.16. The molecule has 0 bridgehead atoms. The van der Waals surface area contributed by atoms with Crippen molar-refractivity contribution in [1.82, 2.24) is 4.57 Å². The molecule has 0 aliphatic carbocycles. The van der Waals surface area contributed by atoms with Crippen LogP contribution in [0.2, 0.25) is 0 Å². The first-order valence-corrected chi connectivity index (χ1v) is 8.11. The van der Waals surface area contributed by atoms with E-state index >= 15 is 0 Å². The maximum Gasteiger partial charge on any atom is 0.283 e. The zero-order chi connectivity index (χ0) is 16.6. The van der Waals surface area contributed by atoms with Gasteiger partial charge in [-0.1, -0.05) is 29.5 Å². The van der Waals surface area contributed by atoms with Crippen molar-refractivity contribution in [1.29, 1.82) is 0 Å². The molecule has 3 aromatic rings. The van der Waals surface area contributed by atoms with Crippen LogP contribution in [0.3, 0.4) is 0 Å². The lowest BCUT2D eigenvalue weighted by Crippen LogP contribution is -2.14. The largest absolute Gasteiger partial charge is 0.496 e. The van der Waals surface area contributed by atoms with E-state index in [0.29, 0.717) is 16.1 Å². The lowest BCUT2D eigenvalue weighted by atomic mass is 10.1. The number of hydrogen-bond acceptors (Lipinski definition) is 3. The van der Waals surface area contributed by atoms with Crippen LogP contribution in [0.1, 0.15) is 21.5 Å². The summed E-state index contributed by atoms with van der Waals surface area (Å²) in [6.45, 7) is 4.15. The molecule has 23 heavy (non-hydrogen) atoms. The van der Waals surface area contributed by atoms with E-state index in [0.717, 1.165) is 10.2 Å². The number of aryl methyl sites for hydroxylation is 3. The highest BCUT2D eigenvalue weighted by Crippen LogP contribution is 2.23. The number of hydrogen-bond donors (Lipinski definition) is 0. The van der Waals surface area contributed by atoms with Crippen molar-refractivity contribution in [3.05, 3.63) is 57.9 Å². The van der Waals surface area contributed by atoms with Crippen LogP contribution in [0.25, 0.3) is 10.2 Å². The van der Waals surface area contributed by atoms with Crippen LogP contribution in [-0.2, 0) is 7.05 Å². The van der Waals surface area contributed by atoms with Gasteiger partial charge < -0.3 is 9.30 Å². The lowest BCUT2D eigenvalue weighted by molar-refractivity contribution is 0.0995. The van der Waals surface area contributed by atoms with E-state index in [4.69, 9.17) is 4.74 Å². The normalized spacial score (nSPS) is 11.9. The van der Waals surface area contributed by atoms with Gasteiger partial charge in [-0.05, 0) is 43.2 Å². The maximum atomic E-state index is 12.5. The summed E-state index contributed by atoms with van der Waals surface area (Å²) in [5.41, 5.74) is 3.98. The highest BCUT2D eigenvalue weighted by molar-refractivity contribution is 7.16. The van der Waals surface area contributed by atoms with Crippen LogP contribution >= 0.6 is 11.3 Å². The first-order chi connectivity index (χ1) is 11.0. The van der Waals surface area contributed by atoms with E-state index in [1.54, 1.807) is 19.2 Å². The molecule has 0 aliphatic rings. The minimum atomic E-state index is -0.293. The van der Waals surface area contributed by atoms with Crippen LogP contribution in [0.4, 0.5) is 0 Å². The molecule has 0 unspecified atom stereocenters. The Morgan fingerprint density at radius 1 is 1.22 bits per heavy atom. The maximum absolute atomic E-state index is 12.5. The Bertz CT molecular complexity index is 967. The van der Waals surface area contributed by atoms with Crippen LogP contribution in [0, 0.1) is 13.8 Å². The zero-order valence-electron chi connectivity index (χ0n) is 13.6. The Hall–Kier alpha value is -2.40. The number of thiazole rings is 1. The lowest BCUT2D eigenvalue weighted by Gasteiger charge is -2.04. The number of carbonyl (C=O) groups is 1. The van der Waals surface area contributed by atoms with Gasteiger partial charge in [0.25, 0.3) is 5.91 Å². The van der Waals surface area contributed by atoms with Gasteiger partial charge in [-0.3, -0.25) is 4.79 Å². The number of ether oxygens (including phenoxy) is 1. The topological polar surface area (TPSA) is 43.6 Å². The Kier molecular flexibility index (Phi) is 4.05. The highest BCUT2D eigenvalue weighted by Gasteiger charge is 2.12. The number of nitrogens with zero attached hydrogens (tertiary/aromatic N) is 2. The van der Waals surface area contributed by atoms with Crippen molar-refractivity contribution in [2.24, 2.45) is 12.0 Å². The molecule has 5 heteroatoms. The standard InChI is InChI=1S/C18H18N2O2S/c1-11-9-12(2)16-15(10-11)23-18(20(16)3)19-17(21)13-7-5-6-8-14(13)22-4/h5-10H,1-4H3. The first-order valence-electron chi connectivity index (χ1n) is 7.30. The molecule has 0 saturated heterocycles. The summed E-state index contributed by atoms with van der Waals surface area (Å²) in [5, 5.41) is 0. The van der Waals surface area contributed by atoms with Crippen molar-refractivity contribution in [2.45, 2.75) is 13.8 Å². The Morgan fingerprint density at radius 3 is 2.70 bits per heavy atom. The summed E-state index contributed by atoms with van der Waals surface area (Å²) in [5.74, 6) is 0.246. The molecule has 0 N–H and O–H groups in total. The fourth-order valence-corrected chi connectivity index (χ4v) is 3.95. The van der Waals surface area contributed by atoms with Crippen molar-refractivity contribution in [2.75, 3.05) is 7.11 Å². The molecule has 1 aromatic heterocycles. The third-order valence-corrected chi connectivity index (χ3v) is 4.85. The van der Waals surface area contributed by atoms with Gasteiger partial charge in [0.15, 0.2) is 4.80 Å². The molecule has 4 nitrogen and oxygen atoms in total. The smallest absolute Gasteiger partial charge is 0.283 e. The number of benzene rings is 2. The molecular weight excluding hydrogens is 308 g/mol. The average molecular weight is 326 g/mol. The molecule has 1 amide bonds. The Morgan fingerprint density at radius 2 is 1.96 bits per heavy atom. The third-order valence-electron chi connectivity index (χ3n) is 3.77. The molecule has 0 aliphatic heterocycles. The number of para-hydroxylation sites is 1. The predicted octanol–water partition coefficient (Wildman–Crippen LogP) is 3.61. The second kappa shape index (κ2) is 6.01. The van der Waals surface area contributed by atoms with Crippen LogP contribution < -0.4 is 9.54 Å². The quantitative estimate of drug-likeness (QED) is 0.722. The second-order valence-electron chi connectivity index (χ2n) is 5.49. The average Bonchev–Trinajstić information content (AvgIpc) is 2.83. The van der Waals surface area contributed by atoms with Crippen molar-refractivity contribution >= 4 is 27.5 Å². The Labute approximate surface area is 138 Å². The minimum Gasteiger partial charge on any atom is -0.496 e. The van der Waals surface area contributed by atoms with Crippen LogP contribution in [0.15, 0.2) is 41.4 Å². The zero-order valence-corrected chi connectivity index (χ0v) is 14.4. The van der Waals surface area contributed by atoms with Crippen molar-refractivity contribution < 1.29 is 9.53 Å². The third kappa shape index (κ3) is 2.80. The van der Waals surface area contributed by atoms with E-state index in [2.05, 4.69) is 31.0 Å². The number of methoxy groups -OCH3 is 1. The molecule has 0 fully saturated rings. The first kappa shape index (κ1) is 15.5. The van der Waals surface area contributed by atoms with Gasteiger partial charge >= 0.3 is 0 Å². The van der Waals surface area contributed by atoms with E-state index in [9.17, 15) is 4.79 Å². The van der Waals surface area contributed by atoms with E-state index in [1.807, 2.05) is 23.7 Å². The van der Waals surface area contributed by atoms with E-state index in [-0.39, 0.29) is 5.91 Å². The summed E-state index contributed by atoms with van der Waals surface area (Å²) < 4.78 is 8.35. The van der Waals surface area contributed by atoms with E-state index in [1.165, 1.54) is 22.5 Å². The molecule has 0 saturated carbocycles. The van der Waals surface area contributed by atoms with Gasteiger partial charge in [0.1, 0.15) is 5.75 Å². The summed E-state index contributed by atoms with van der Waals surface area (Å²) in [7, 11) is 3.49. The van der Waals surface area contributed by atoms with Gasteiger partial charge in [-0.2, -0.15) is 4.99 Å². The molecule has 0 radical (unpaired) electrons. The number of aromatic nitrogens is 1. The fraction of sp³-hybridized carbons (Fsp3) is 0.222. The van der Waals surface area contributed by atoms with E-state index < -0.39 is 0 Å². The van der Waals surface area contributed by atoms with Gasteiger partial charge in [0.05, 0.1) is 22.9 Å². The fourth-order valence-electron chi connectivity index (χ4n) is 2.76. The van der Waals surface area contributed by atoms with Gasteiger partial charge in [0.2, 0.25) is 0 Å². The molecule has 1 heterocycles. The summed E-state index contributed by atoms with van der Waals surface area (Å²) in [6.07, 6.45) is 0. The second-order valence-corrected chi connectivity index (χ2v) is 6.50. The number of fused-ring (bicyclic) bond motifs is 1.